The van der Waals surface area contributed by atoms with E-state index in [1.165, 1.54) is 31.4 Å². The maximum atomic E-state index is 4.30. The Bertz CT molecular complexity index is 305. The number of hydrogen-bond acceptors (Lipinski definition) is 2. The van der Waals surface area contributed by atoms with Crippen LogP contribution in [-0.2, 0) is 0 Å². The Morgan fingerprint density at radius 2 is 2.20 bits per heavy atom. The molecule has 15 heavy (non-hydrogen) atoms. The molecular weight excluding hydrogens is 184 g/mol. The molecule has 2 rings (SSSR count). The summed E-state index contributed by atoms with van der Waals surface area (Å²) in [5, 5.41) is 3.58. The van der Waals surface area contributed by atoms with Crippen molar-refractivity contribution in [1.29, 1.82) is 0 Å². The van der Waals surface area contributed by atoms with Gasteiger partial charge in [-0.15, -0.1) is 0 Å². The van der Waals surface area contributed by atoms with E-state index in [2.05, 4.69) is 29.4 Å². The van der Waals surface area contributed by atoms with Gasteiger partial charge in [-0.05, 0) is 37.8 Å². The van der Waals surface area contributed by atoms with Crippen LogP contribution in [0.25, 0.3) is 0 Å². The lowest BCUT2D eigenvalue weighted by molar-refractivity contribution is 0.358. The molecule has 0 amide bonds. The molecule has 0 unspecified atom stereocenters. The van der Waals surface area contributed by atoms with Gasteiger partial charge in [0.05, 0.1) is 11.9 Å². The van der Waals surface area contributed by atoms with Crippen molar-refractivity contribution in [3.63, 3.8) is 0 Å². The van der Waals surface area contributed by atoms with Crippen molar-refractivity contribution in [3.05, 3.63) is 24.0 Å². The lowest BCUT2D eigenvalue weighted by atomic mass is 9.87. The average molecular weight is 204 g/mol. The largest absolute Gasteiger partial charge is 0.381 e. The highest BCUT2D eigenvalue weighted by molar-refractivity contribution is 5.41. The van der Waals surface area contributed by atoms with Crippen LogP contribution in [0, 0.1) is 12.8 Å². The summed E-state index contributed by atoms with van der Waals surface area (Å²) in [5.41, 5.74) is 2.25. The van der Waals surface area contributed by atoms with Gasteiger partial charge in [0.15, 0.2) is 0 Å². The molecule has 1 aliphatic carbocycles. The van der Waals surface area contributed by atoms with Crippen LogP contribution in [0.1, 0.15) is 38.3 Å². The number of anilines is 1. The molecule has 1 aromatic rings. The summed E-state index contributed by atoms with van der Waals surface area (Å²) in [4.78, 5) is 4.30. The van der Waals surface area contributed by atoms with Crippen molar-refractivity contribution in [2.24, 2.45) is 5.92 Å². The number of nitrogens with one attached hydrogen (secondary N) is 1. The van der Waals surface area contributed by atoms with E-state index in [0.29, 0.717) is 6.04 Å². The van der Waals surface area contributed by atoms with Crippen molar-refractivity contribution in [1.82, 2.24) is 4.98 Å². The van der Waals surface area contributed by atoms with Gasteiger partial charge >= 0.3 is 0 Å². The summed E-state index contributed by atoms with van der Waals surface area (Å²) in [7, 11) is 0. The third-order valence-corrected chi connectivity index (χ3v) is 3.22. The predicted octanol–water partition coefficient (Wildman–Crippen LogP) is 3.38. The molecule has 2 atom stereocenters. The fourth-order valence-electron chi connectivity index (χ4n) is 2.35. The quantitative estimate of drug-likeness (QED) is 0.798. The topological polar surface area (TPSA) is 24.9 Å². The SMILES string of the molecule is Cc1ccc(N[C@@H]2CCC[C@@H](C)C2)cn1. The van der Waals surface area contributed by atoms with Crippen LogP contribution < -0.4 is 5.32 Å². The normalized spacial score (nSPS) is 26.3. The number of pyridine rings is 1. The molecule has 0 aromatic carbocycles. The second-order valence-electron chi connectivity index (χ2n) is 4.80. The van der Waals surface area contributed by atoms with Gasteiger partial charge in [0.1, 0.15) is 0 Å². The van der Waals surface area contributed by atoms with Crippen molar-refractivity contribution < 1.29 is 0 Å². The van der Waals surface area contributed by atoms with Crippen LogP contribution in [0.15, 0.2) is 18.3 Å². The van der Waals surface area contributed by atoms with Gasteiger partial charge in [0, 0.05) is 11.7 Å². The Kier molecular flexibility index (Phi) is 3.24. The van der Waals surface area contributed by atoms with Crippen molar-refractivity contribution in [2.75, 3.05) is 5.32 Å². The van der Waals surface area contributed by atoms with Gasteiger partial charge in [-0.3, -0.25) is 4.98 Å². The molecule has 0 bridgehead atoms. The van der Waals surface area contributed by atoms with Crippen LogP contribution in [0.5, 0.6) is 0 Å². The van der Waals surface area contributed by atoms with Crippen LogP contribution in [0.4, 0.5) is 5.69 Å². The molecular formula is C13H20N2. The first-order valence-corrected chi connectivity index (χ1v) is 5.93. The average Bonchev–Trinajstić information content (AvgIpc) is 2.22. The number of hydrogen-bond donors (Lipinski definition) is 1. The van der Waals surface area contributed by atoms with E-state index in [9.17, 15) is 0 Å². The van der Waals surface area contributed by atoms with Crippen molar-refractivity contribution in [3.8, 4) is 0 Å². The fraction of sp³-hybridized carbons (Fsp3) is 0.615. The van der Waals surface area contributed by atoms with E-state index < -0.39 is 0 Å². The molecule has 2 heteroatoms. The third-order valence-electron chi connectivity index (χ3n) is 3.22. The molecule has 1 fully saturated rings. The second kappa shape index (κ2) is 4.65. The van der Waals surface area contributed by atoms with Crippen LogP contribution in [0.2, 0.25) is 0 Å². The summed E-state index contributed by atoms with van der Waals surface area (Å²) in [6, 6.07) is 4.84. The van der Waals surface area contributed by atoms with Gasteiger partial charge in [-0.1, -0.05) is 19.8 Å². The molecule has 2 nitrogen and oxygen atoms in total. The predicted molar refractivity (Wildman–Crippen MR) is 64.0 cm³/mol. The van der Waals surface area contributed by atoms with E-state index in [-0.39, 0.29) is 0 Å². The second-order valence-corrected chi connectivity index (χ2v) is 4.80. The highest BCUT2D eigenvalue weighted by Gasteiger charge is 2.18. The summed E-state index contributed by atoms with van der Waals surface area (Å²) in [5.74, 6) is 0.870. The van der Waals surface area contributed by atoms with E-state index in [1.807, 2.05) is 13.1 Å². The summed E-state index contributed by atoms with van der Waals surface area (Å²) in [6.45, 7) is 4.37. The molecule has 1 N–H and O–H groups in total. The van der Waals surface area contributed by atoms with Crippen molar-refractivity contribution >= 4 is 5.69 Å². The molecule has 1 aliphatic rings. The molecule has 82 valence electrons. The number of rotatable bonds is 2. The molecule has 0 radical (unpaired) electrons. The molecule has 0 saturated heterocycles. The zero-order valence-corrected chi connectivity index (χ0v) is 9.66. The first-order valence-electron chi connectivity index (χ1n) is 5.93. The van der Waals surface area contributed by atoms with Gasteiger partial charge < -0.3 is 5.32 Å². The zero-order chi connectivity index (χ0) is 10.7. The Balaban J connectivity index is 1.93. The van der Waals surface area contributed by atoms with Crippen LogP contribution in [0.3, 0.4) is 0 Å². The van der Waals surface area contributed by atoms with Gasteiger partial charge in [0.25, 0.3) is 0 Å². The number of nitrogens with zero attached hydrogens (tertiary/aromatic N) is 1. The summed E-state index contributed by atoms with van der Waals surface area (Å²) in [6.07, 6.45) is 7.29. The minimum absolute atomic E-state index is 0.651. The number of aromatic nitrogens is 1. The molecule has 1 heterocycles. The summed E-state index contributed by atoms with van der Waals surface area (Å²) >= 11 is 0. The lowest BCUT2D eigenvalue weighted by Gasteiger charge is -2.28. The Morgan fingerprint density at radius 1 is 1.33 bits per heavy atom. The maximum absolute atomic E-state index is 4.30. The van der Waals surface area contributed by atoms with Crippen molar-refractivity contribution in [2.45, 2.75) is 45.6 Å². The molecule has 1 saturated carbocycles. The molecule has 0 spiro atoms. The Morgan fingerprint density at radius 3 is 2.87 bits per heavy atom. The minimum Gasteiger partial charge on any atom is -0.381 e. The van der Waals surface area contributed by atoms with Crippen LogP contribution in [-0.4, -0.2) is 11.0 Å². The monoisotopic (exact) mass is 204 g/mol. The molecule has 0 aliphatic heterocycles. The smallest absolute Gasteiger partial charge is 0.0529 e. The third kappa shape index (κ3) is 2.95. The van der Waals surface area contributed by atoms with Gasteiger partial charge in [-0.2, -0.15) is 0 Å². The fourth-order valence-corrected chi connectivity index (χ4v) is 2.35. The maximum Gasteiger partial charge on any atom is 0.0529 e. The molecule has 1 aromatic heterocycles. The van der Waals surface area contributed by atoms with Crippen LogP contribution >= 0.6 is 0 Å². The van der Waals surface area contributed by atoms with E-state index in [4.69, 9.17) is 0 Å². The lowest BCUT2D eigenvalue weighted by Crippen LogP contribution is -2.26. The highest BCUT2D eigenvalue weighted by atomic mass is 14.9. The standard InChI is InChI=1S/C13H20N2/c1-10-4-3-5-12(8-10)15-13-7-6-11(2)14-9-13/h6-7,9-10,12,15H,3-5,8H2,1-2H3/t10-,12-/m1/s1. The van der Waals surface area contributed by atoms with E-state index in [1.54, 1.807) is 0 Å². The highest BCUT2D eigenvalue weighted by Crippen LogP contribution is 2.25. The first-order chi connectivity index (χ1) is 7.24. The zero-order valence-electron chi connectivity index (χ0n) is 9.66. The van der Waals surface area contributed by atoms with Gasteiger partial charge in [-0.25, -0.2) is 0 Å². The Labute approximate surface area is 92.1 Å². The van der Waals surface area contributed by atoms with E-state index in [0.717, 1.165) is 11.6 Å². The Hall–Kier alpha value is -1.05. The summed E-state index contributed by atoms with van der Waals surface area (Å²) < 4.78 is 0. The van der Waals surface area contributed by atoms with Gasteiger partial charge in [0.2, 0.25) is 0 Å². The minimum atomic E-state index is 0.651. The van der Waals surface area contributed by atoms with E-state index >= 15 is 0 Å². The number of aryl methyl sites for hydroxylation is 1. The first kappa shape index (κ1) is 10.5.